The topological polar surface area (TPSA) is 81.6 Å². The highest BCUT2D eigenvalue weighted by atomic mass is 35.5. The smallest absolute Gasteiger partial charge is 0.268 e. The van der Waals surface area contributed by atoms with Gasteiger partial charge in [-0.05, 0) is 18.2 Å². The van der Waals surface area contributed by atoms with E-state index in [-0.39, 0.29) is 21.6 Å². The fraction of sp³-hybridized carbons (Fsp3) is 0.176. The molecule has 28 heavy (non-hydrogen) atoms. The van der Waals surface area contributed by atoms with Crippen molar-refractivity contribution in [1.29, 1.82) is 0 Å². The van der Waals surface area contributed by atoms with Gasteiger partial charge in [-0.2, -0.15) is 0 Å². The van der Waals surface area contributed by atoms with Gasteiger partial charge in [0, 0.05) is 29.4 Å². The normalized spacial score (nSPS) is 11.3. The number of anilines is 1. The zero-order chi connectivity index (χ0) is 20.3. The molecule has 0 radical (unpaired) electrons. The van der Waals surface area contributed by atoms with Crippen molar-refractivity contribution in [2.45, 2.75) is 11.4 Å². The van der Waals surface area contributed by atoms with Crippen LogP contribution in [0.1, 0.15) is 5.56 Å². The summed E-state index contributed by atoms with van der Waals surface area (Å²) in [6, 6.07) is 6.41. The highest BCUT2D eigenvalue weighted by Crippen LogP contribution is 2.33. The van der Waals surface area contributed by atoms with Crippen LogP contribution in [-0.2, 0) is 16.6 Å². The standard InChI is InChI=1S/C17H15Cl2N3O4S2/c1-25-12-4-3-11(15(7-12)26-2)10-22(17-20-5-6-27-17)28(23,24)13-8-14(18)16(19)21-9-13/h3-9H,10H2,1-2H3. The monoisotopic (exact) mass is 459 g/mol. The van der Waals surface area contributed by atoms with E-state index in [1.54, 1.807) is 23.6 Å². The van der Waals surface area contributed by atoms with Crippen LogP contribution in [0.4, 0.5) is 5.13 Å². The van der Waals surface area contributed by atoms with Crippen LogP contribution in [0.2, 0.25) is 10.2 Å². The van der Waals surface area contributed by atoms with Gasteiger partial charge >= 0.3 is 0 Å². The molecule has 0 N–H and O–H groups in total. The van der Waals surface area contributed by atoms with Crippen molar-refractivity contribution in [2.24, 2.45) is 0 Å². The van der Waals surface area contributed by atoms with E-state index >= 15 is 0 Å². The van der Waals surface area contributed by atoms with Crippen molar-refractivity contribution < 1.29 is 17.9 Å². The number of nitrogens with zero attached hydrogens (tertiary/aromatic N) is 3. The number of aromatic nitrogens is 2. The van der Waals surface area contributed by atoms with Crippen LogP contribution in [0.5, 0.6) is 11.5 Å². The Bertz CT molecular complexity index is 1080. The molecule has 148 valence electrons. The Morgan fingerprint density at radius 3 is 2.54 bits per heavy atom. The minimum atomic E-state index is -4.01. The van der Waals surface area contributed by atoms with Gasteiger partial charge in [-0.25, -0.2) is 22.7 Å². The number of thiazole rings is 1. The van der Waals surface area contributed by atoms with E-state index in [4.69, 9.17) is 32.7 Å². The van der Waals surface area contributed by atoms with E-state index in [1.165, 1.54) is 42.1 Å². The highest BCUT2D eigenvalue weighted by Gasteiger charge is 2.29. The van der Waals surface area contributed by atoms with Gasteiger partial charge in [0.15, 0.2) is 5.13 Å². The van der Waals surface area contributed by atoms with Gasteiger partial charge in [-0.1, -0.05) is 23.2 Å². The predicted molar refractivity (Wildman–Crippen MR) is 109 cm³/mol. The van der Waals surface area contributed by atoms with Crippen LogP contribution in [0.3, 0.4) is 0 Å². The molecule has 0 saturated heterocycles. The van der Waals surface area contributed by atoms with Crippen LogP contribution in [0.15, 0.2) is 46.9 Å². The minimum Gasteiger partial charge on any atom is -0.497 e. The van der Waals surface area contributed by atoms with Crippen molar-refractivity contribution in [3.05, 3.63) is 57.8 Å². The Morgan fingerprint density at radius 2 is 1.93 bits per heavy atom. The molecule has 11 heteroatoms. The lowest BCUT2D eigenvalue weighted by molar-refractivity contribution is 0.391. The predicted octanol–water partition coefficient (Wildman–Crippen LogP) is 4.26. The number of pyridine rings is 1. The van der Waals surface area contributed by atoms with Gasteiger partial charge in [0.25, 0.3) is 10.0 Å². The molecule has 7 nitrogen and oxygen atoms in total. The quantitative estimate of drug-likeness (QED) is 0.490. The van der Waals surface area contributed by atoms with Gasteiger partial charge in [-0.3, -0.25) is 0 Å². The largest absolute Gasteiger partial charge is 0.497 e. The molecule has 0 bridgehead atoms. The van der Waals surface area contributed by atoms with Gasteiger partial charge in [0.05, 0.1) is 25.8 Å². The minimum absolute atomic E-state index is 0.0107. The number of hydrogen-bond acceptors (Lipinski definition) is 7. The molecule has 0 aliphatic carbocycles. The lowest BCUT2D eigenvalue weighted by Crippen LogP contribution is -2.30. The van der Waals surface area contributed by atoms with Gasteiger partial charge in [0.1, 0.15) is 21.5 Å². The summed E-state index contributed by atoms with van der Waals surface area (Å²) in [5, 5.41) is 2.06. The summed E-state index contributed by atoms with van der Waals surface area (Å²) in [5.41, 5.74) is 0.634. The second kappa shape index (κ2) is 8.52. The van der Waals surface area contributed by atoms with Crippen LogP contribution < -0.4 is 13.8 Å². The molecule has 3 aromatic rings. The summed E-state index contributed by atoms with van der Waals surface area (Å²) >= 11 is 13.0. The van der Waals surface area contributed by atoms with Gasteiger partial charge < -0.3 is 9.47 Å². The van der Waals surface area contributed by atoms with Crippen molar-refractivity contribution in [3.63, 3.8) is 0 Å². The summed E-state index contributed by atoms with van der Waals surface area (Å²) in [6.45, 7) is -0.0107. The molecule has 0 fully saturated rings. The Hall–Kier alpha value is -2.07. The molecule has 0 amide bonds. The van der Waals surface area contributed by atoms with E-state index in [1.807, 2.05) is 0 Å². The summed E-state index contributed by atoms with van der Waals surface area (Å²) in [4.78, 5) is 7.90. The lowest BCUT2D eigenvalue weighted by Gasteiger charge is -2.23. The SMILES string of the molecule is COc1ccc(CN(c2nccs2)S(=O)(=O)c2cnc(Cl)c(Cl)c2)c(OC)c1. The number of methoxy groups -OCH3 is 2. The molecule has 0 unspecified atom stereocenters. The Labute approximate surface area is 176 Å². The third kappa shape index (κ3) is 4.17. The maximum atomic E-state index is 13.3. The van der Waals surface area contributed by atoms with E-state index in [0.29, 0.717) is 22.2 Å². The molecule has 2 heterocycles. The molecule has 3 rings (SSSR count). The van der Waals surface area contributed by atoms with Crippen molar-refractivity contribution in [2.75, 3.05) is 18.5 Å². The first kappa shape index (κ1) is 20.7. The van der Waals surface area contributed by atoms with Crippen LogP contribution in [0, 0.1) is 0 Å². The third-order valence-corrected chi connectivity index (χ3v) is 7.10. The maximum absolute atomic E-state index is 13.3. The van der Waals surface area contributed by atoms with Crippen LogP contribution >= 0.6 is 34.5 Å². The number of ether oxygens (including phenoxy) is 2. The highest BCUT2D eigenvalue weighted by molar-refractivity contribution is 7.93. The fourth-order valence-corrected chi connectivity index (χ4v) is 4.98. The summed E-state index contributed by atoms with van der Waals surface area (Å²) in [7, 11) is -0.970. The third-order valence-electron chi connectivity index (χ3n) is 3.80. The summed E-state index contributed by atoms with van der Waals surface area (Å²) in [6.07, 6.45) is 2.69. The summed E-state index contributed by atoms with van der Waals surface area (Å²) in [5.74, 6) is 1.08. The molecule has 1 aromatic carbocycles. The number of halogens is 2. The van der Waals surface area contributed by atoms with Crippen molar-refractivity contribution >= 4 is 49.7 Å². The van der Waals surface area contributed by atoms with Crippen LogP contribution in [-0.4, -0.2) is 32.6 Å². The van der Waals surface area contributed by atoms with E-state index in [9.17, 15) is 8.42 Å². The average Bonchev–Trinajstić information content (AvgIpc) is 3.22. The van der Waals surface area contributed by atoms with E-state index in [2.05, 4.69) is 9.97 Å². The second-order valence-electron chi connectivity index (χ2n) is 5.45. The molecular formula is C17H15Cl2N3O4S2. The van der Waals surface area contributed by atoms with Crippen molar-refractivity contribution in [3.8, 4) is 11.5 Å². The molecule has 0 saturated carbocycles. The number of sulfonamides is 1. The molecule has 2 aromatic heterocycles. The number of benzene rings is 1. The first-order valence-electron chi connectivity index (χ1n) is 7.81. The van der Waals surface area contributed by atoms with Crippen LogP contribution in [0.25, 0.3) is 0 Å². The second-order valence-corrected chi connectivity index (χ2v) is 8.95. The Morgan fingerprint density at radius 1 is 1.14 bits per heavy atom. The van der Waals surface area contributed by atoms with E-state index < -0.39 is 10.0 Å². The zero-order valence-electron chi connectivity index (χ0n) is 14.8. The lowest BCUT2D eigenvalue weighted by atomic mass is 10.2. The molecule has 0 aliphatic heterocycles. The first-order chi connectivity index (χ1) is 13.4. The van der Waals surface area contributed by atoms with E-state index in [0.717, 1.165) is 6.20 Å². The fourth-order valence-electron chi connectivity index (χ4n) is 2.40. The zero-order valence-corrected chi connectivity index (χ0v) is 17.9. The molecule has 0 spiro atoms. The molecule has 0 aliphatic rings. The van der Waals surface area contributed by atoms with Gasteiger partial charge in [0.2, 0.25) is 0 Å². The van der Waals surface area contributed by atoms with Crippen molar-refractivity contribution in [1.82, 2.24) is 9.97 Å². The molecule has 0 atom stereocenters. The Balaban J connectivity index is 2.07. The summed E-state index contributed by atoms with van der Waals surface area (Å²) < 4.78 is 38.4. The first-order valence-corrected chi connectivity index (χ1v) is 10.9. The van der Waals surface area contributed by atoms with Gasteiger partial charge in [-0.15, -0.1) is 11.3 Å². The molecular weight excluding hydrogens is 445 g/mol. The number of hydrogen-bond donors (Lipinski definition) is 0. The number of rotatable bonds is 7. The maximum Gasteiger partial charge on any atom is 0.268 e. The Kier molecular flexibility index (Phi) is 6.29. The average molecular weight is 460 g/mol.